The summed E-state index contributed by atoms with van der Waals surface area (Å²) >= 11 is 3.04. The number of nitrogens with one attached hydrogen (secondary N) is 3. The van der Waals surface area contributed by atoms with Crippen LogP contribution in [0.2, 0.25) is 0 Å². The molecule has 1 fully saturated rings. The van der Waals surface area contributed by atoms with Gasteiger partial charge in [-0.25, -0.2) is 18.1 Å². The van der Waals surface area contributed by atoms with E-state index < -0.39 is 27.0 Å². The number of fused-ring (bicyclic) bond motifs is 1. The van der Waals surface area contributed by atoms with Gasteiger partial charge in [0.1, 0.15) is 10.7 Å². The number of alkyl halides is 3. The third-order valence-electron chi connectivity index (χ3n) is 6.34. The van der Waals surface area contributed by atoms with Gasteiger partial charge in [0.25, 0.3) is 0 Å². The molecular weight excluding hydrogens is 575 g/mol. The van der Waals surface area contributed by atoms with Crippen molar-refractivity contribution in [3.05, 3.63) is 46.9 Å². The average Bonchev–Trinajstić information content (AvgIpc) is 2.85. The molecule has 0 spiro atoms. The molecule has 2 aromatic carbocycles. The van der Waals surface area contributed by atoms with Crippen molar-refractivity contribution in [1.29, 1.82) is 0 Å². The first-order valence-electron chi connectivity index (χ1n) is 11.8. The van der Waals surface area contributed by atoms with E-state index in [1.165, 1.54) is 6.07 Å². The standard InChI is InChI=1S/C24H27BrF3N5O3S/c1-29-22-18-4-2-3-5-19(18)32-23(33-22)30-13-15-6-8-16(9-7-15)14-31-37(34,35)21-11-10-17(25)12-20(21)36-24(26,27)28/h2-5,10-12,15-16,31H,6-9,13-14H2,1H3,(H2,29,30,32,33)/t15-,16-. The van der Waals surface area contributed by atoms with Gasteiger partial charge in [0.15, 0.2) is 5.75 Å². The molecule has 4 rings (SSSR count). The van der Waals surface area contributed by atoms with Crippen molar-refractivity contribution in [1.82, 2.24) is 14.7 Å². The summed E-state index contributed by atoms with van der Waals surface area (Å²) in [7, 11) is -2.38. The van der Waals surface area contributed by atoms with E-state index in [0.717, 1.165) is 54.5 Å². The van der Waals surface area contributed by atoms with Crippen LogP contribution in [0.5, 0.6) is 5.75 Å². The second kappa shape index (κ2) is 11.4. The van der Waals surface area contributed by atoms with Gasteiger partial charge in [-0.05, 0) is 67.9 Å². The highest BCUT2D eigenvalue weighted by Crippen LogP contribution is 2.33. The summed E-state index contributed by atoms with van der Waals surface area (Å²) in [5.74, 6) is 0.977. The minimum absolute atomic E-state index is 0.0845. The molecule has 1 aromatic heterocycles. The molecule has 1 saturated carbocycles. The zero-order valence-electron chi connectivity index (χ0n) is 20.0. The highest BCUT2D eigenvalue weighted by atomic mass is 79.9. The van der Waals surface area contributed by atoms with Crippen molar-refractivity contribution in [2.45, 2.75) is 36.9 Å². The number of sulfonamides is 1. The minimum Gasteiger partial charge on any atom is -0.404 e. The number of aromatic nitrogens is 2. The molecule has 0 amide bonds. The van der Waals surface area contributed by atoms with Gasteiger partial charge in [-0.2, -0.15) is 4.98 Å². The van der Waals surface area contributed by atoms with Crippen LogP contribution < -0.4 is 20.1 Å². The lowest BCUT2D eigenvalue weighted by Crippen LogP contribution is -2.33. The van der Waals surface area contributed by atoms with Gasteiger partial charge in [0.05, 0.1) is 5.52 Å². The summed E-state index contributed by atoms with van der Waals surface area (Å²) in [5.41, 5.74) is 0.843. The molecule has 1 heterocycles. The maximum atomic E-state index is 12.8. The molecule has 13 heteroatoms. The Balaban J connectivity index is 1.30. The predicted octanol–water partition coefficient (Wildman–Crippen LogP) is 5.53. The monoisotopic (exact) mass is 601 g/mol. The van der Waals surface area contributed by atoms with Gasteiger partial charge in [-0.3, -0.25) is 0 Å². The number of nitrogens with zero attached hydrogens (tertiary/aromatic N) is 2. The van der Waals surface area contributed by atoms with Crippen LogP contribution in [-0.2, 0) is 10.0 Å². The van der Waals surface area contributed by atoms with E-state index >= 15 is 0 Å². The molecule has 0 atom stereocenters. The number of para-hydroxylation sites is 1. The van der Waals surface area contributed by atoms with Crippen LogP contribution in [-0.4, -0.2) is 44.9 Å². The molecule has 8 nitrogen and oxygen atoms in total. The van der Waals surface area contributed by atoms with Crippen molar-refractivity contribution in [2.24, 2.45) is 11.8 Å². The van der Waals surface area contributed by atoms with E-state index in [1.807, 2.05) is 31.3 Å². The first kappa shape index (κ1) is 27.4. The van der Waals surface area contributed by atoms with Crippen molar-refractivity contribution < 1.29 is 26.3 Å². The third-order valence-corrected chi connectivity index (χ3v) is 8.29. The summed E-state index contributed by atoms with van der Waals surface area (Å²) in [6, 6.07) is 11.2. The van der Waals surface area contributed by atoms with E-state index in [4.69, 9.17) is 0 Å². The zero-order valence-corrected chi connectivity index (χ0v) is 22.4. The Morgan fingerprint density at radius 3 is 2.38 bits per heavy atom. The molecule has 1 aliphatic carbocycles. The van der Waals surface area contributed by atoms with Crippen LogP contribution >= 0.6 is 15.9 Å². The molecule has 3 aromatic rings. The van der Waals surface area contributed by atoms with Crippen LogP contribution in [0, 0.1) is 11.8 Å². The van der Waals surface area contributed by atoms with Gasteiger partial charge in [-0.15, -0.1) is 13.2 Å². The maximum Gasteiger partial charge on any atom is 0.573 e. The number of anilines is 2. The van der Waals surface area contributed by atoms with Gasteiger partial charge in [0.2, 0.25) is 16.0 Å². The Hall–Kier alpha value is -2.64. The zero-order chi connectivity index (χ0) is 26.6. The number of hydrogen-bond donors (Lipinski definition) is 3. The fourth-order valence-corrected chi connectivity index (χ4v) is 6.00. The Labute approximate surface area is 221 Å². The summed E-state index contributed by atoms with van der Waals surface area (Å²) < 4.78 is 70.5. The highest BCUT2D eigenvalue weighted by Gasteiger charge is 2.34. The molecule has 37 heavy (non-hydrogen) atoms. The Kier molecular flexibility index (Phi) is 8.44. The second-order valence-electron chi connectivity index (χ2n) is 8.92. The topological polar surface area (TPSA) is 105 Å². The molecule has 3 N–H and O–H groups in total. The van der Waals surface area contributed by atoms with Crippen molar-refractivity contribution in [2.75, 3.05) is 30.8 Å². The van der Waals surface area contributed by atoms with Gasteiger partial charge in [0, 0.05) is 30.0 Å². The van der Waals surface area contributed by atoms with Crippen LogP contribution in [0.15, 0.2) is 51.8 Å². The summed E-state index contributed by atoms with van der Waals surface area (Å²) in [4.78, 5) is 8.57. The summed E-state index contributed by atoms with van der Waals surface area (Å²) in [6.45, 7) is 0.834. The Morgan fingerprint density at radius 2 is 1.70 bits per heavy atom. The number of hydrogen-bond acceptors (Lipinski definition) is 7. The third kappa shape index (κ3) is 7.23. The highest BCUT2D eigenvalue weighted by molar-refractivity contribution is 9.10. The number of benzene rings is 2. The molecule has 0 aliphatic heterocycles. The lowest BCUT2D eigenvalue weighted by atomic mass is 9.82. The first-order chi connectivity index (χ1) is 17.5. The average molecular weight is 602 g/mol. The number of halogens is 4. The van der Waals surface area contributed by atoms with Crippen molar-refractivity contribution in [3.63, 3.8) is 0 Å². The van der Waals surface area contributed by atoms with Crippen molar-refractivity contribution in [3.8, 4) is 5.75 Å². The molecule has 0 bridgehead atoms. The van der Waals surface area contributed by atoms with Gasteiger partial charge >= 0.3 is 6.36 Å². The fraction of sp³-hybridized carbons (Fsp3) is 0.417. The van der Waals surface area contributed by atoms with Crippen LogP contribution in [0.4, 0.5) is 24.9 Å². The van der Waals surface area contributed by atoms with Crippen LogP contribution in [0.3, 0.4) is 0 Å². The second-order valence-corrected chi connectivity index (χ2v) is 11.6. The maximum absolute atomic E-state index is 12.8. The van der Waals surface area contributed by atoms with Gasteiger partial charge < -0.3 is 15.4 Å². The SMILES string of the molecule is CNc1nc(NC[C@H]2CC[C@H](CNS(=O)(=O)c3ccc(Br)cc3OC(F)(F)F)CC2)nc2ccccc12. The van der Waals surface area contributed by atoms with E-state index in [1.54, 1.807) is 0 Å². The van der Waals surface area contributed by atoms with E-state index in [0.29, 0.717) is 18.4 Å². The van der Waals surface area contributed by atoms with E-state index in [2.05, 4.69) is 46.0 Å². The molecule has 0 radical (unpaired) electrons. The summed E-state index contributed by atoms with van der Waals surface area (Å²) in [5, 5.41) is 7.36. The lowest BCUT2D eigenvalue weighted by Gasteiger charge is -2.28. The minimum atomic E-state index is -5.01. The predicted molar refractivity (Wildman–Crippen MR) is 139 cm³/mol. The van der Waals surface area contributed by atoms with E-state index in [9.17, 15) is 21.6 Å². The number of ether oxygens (including phenoxy) is 1. The molecule has 1 aliphatic rings. The fourth-order valence-electron chi connectivity index (χ4n) is 4.44. The van der Waals surface area contributed by atoms with Crippen LogP contribution in [0.1, 0.15) is 25.7 Å². The molecule has 0 unspecified atom stereocenters. The van der Waals surface area contributed by atoms with E-state index in [-0.39, 0.29) is 16.9 Å². The summed E-state index contributed by atoms with van der Waals surface area (Å²) in [6.07, 6.45) is -1.66. The Morgan fingerprint density at radius 1 is 1.03 bits per heavy atom. The molecule has 200 valence electrons. The quantitative estimate of drug-likeness (QED) is 0.296. The van der Waals surface area contributed by atoms with Gasteiger partial charge in [-0.1, -0.05) is 28.1 Å². The number of rotatable bonds is 9. The lowest BCUT2D eigenvalue weighted by molar-refractivity contribution is -0.275. The normalized spacial score (nSPS) is 18.5. The first-order valence-corrected chi connectivity index (χ1v) is 14.0. The molecular formula is C24H27BrF3N5O3S. The Bertz CT molecular complexity index is 1350. The smallest absolute Gasteiger partial charge is 0.404 e. The van der Waals surface area contributed by atoms with Crippen LogP contribution in [0.25, 0.3) is 10.9 Å². The van der Waals surface area contributed by atoms with Crippen molar-refractivity contribution >= 4 is 48.6 Å². The molecule has 0 saturated heterocycles. The largest absolute Gasteiger partial charge is 0.573 e.